The van der Waals surface area contributed by atoms with Gasteiger partial charge in [-0.2, -0.15) is 0 Å². The number of benzene rings is 3. The Morgan fingerprint density at radius 3 is 2.27 bits per heavy atom. The fraction of sp³-hybridized carbons (Fsp3) is 0.240. The lowest BCUT2D eigenvalue weighted by Crippen LogP contribution is -2.20. The molecule has 33 heavy (non-hydrogen) atoms. The van der Waals surface area contributed by atoms with E-state index in [4.69, 9.17) is 16.3 Å². The van der Waals surface area contributed by atoms with E-state index in [9.17, 15) is 13.2 Å². The fourth-order valence-electron chi connectivity index (χ4n) is 3.16. The number of nitrogens with one attached hydrogen (secondary N) is 2. The van der Waals surface area contributed by atoms with Crippen LogP contribution < -0.4 is 14.8 Å². The number of anilines is 2. The van der Waals surface area contributed by atoms with E-state index in [0.29, 0.717) is 27.7 Å². The molecule has 3 rings (SSSR count). The number of halogens is 1. The van der Waals surface area contributed by atoms with Gasteiger partial charge in [-0.3, -0.25) is 9.52 Å². The highest BCUT2D eigenvalue weighted by atomic mass is 35.5. The zero-order chi connectivity index (χ0) is 23.8. The van der Waals surface area contributed by atoms with Gasteiger partial charge < -0.3 is 10.1 Å². The number of carbonyl (C=O) groups excluding carboxylic acids is 1. The molecule has 0 unspecified atom stereocenters. The average Bonchev–Trinajstić information content (AvgIpc) is 2.79. The molecule has 174 valence electrons. The fourth-order valence-corrected chi connectivity index (χ4v) is 4.43. The molecule has 1 amide bonds. The van der Waals surface area contributed by atoms with Crippen LogP contribution in [0.15, 0.2) is 71.6 Å². The summed E-state index contributed by atoms with van der Waals surface area (Å²) in [6.07, 6.45) is 3.30. The van der Waals surface area contributed by atoms with E-state index in [-0.39, 0.29) is 17.4 Å². The van der Waals surface area contributed by atoms with Crippen molar-refractivity contribution in [3.8, 4) is 5.75 Å². The van der Waals surface area contributed by atoms with Gasteiger partial charge in [0.05, 0.1) is 4.90 Å². The number of sulfonamides is 1. The molecule has 0 aromatic heterocycles. The molecule has 0 radical (unpaired) electrons. The topological polar surface area (TPSA) is 84.5 Å². The van der Waals surface area contributed by atoms with Crippen LogP contribution in [0.3, 0.4) is 0 Å². The molecule has 0 saturated carbocycles. The summed E-state index contributed by atoms with van der Waals surface area (Å²) in [5.41, 5.74) is 2.95. The van der Waals surface area contributed by atoms with Gasteiger partial charge in [-0.1, -0.05) is 37.1 Å². The maximum Gasteiger partial charge on any atom is 0.262 e. The predicted molar refractivity (Wildman–Crippen MR) is 133 cm³/mol. The van der Waals surface area contributed by atoms with E-state index in [2.05, 4.69) is 17.0 Å². The summed E-state index contributed by atoms with van der Waals surface area (Å²) in [5.74, 6) is 0.141. The van der Waals surface area contributed by atoms with Gasteiger partial charge in [0.25, 0.3) is 15.9 Å². The molecule has 0 atom stereocenters. The highest BCUT2D eigenvalue weighted by molar-refractivity contribution is 7.92. The molecule has 0 aliphatic rings. The first-order chi connectivity index (χ1) is 15.8. The molecule has 8 heteroatoms. The van der Waals surface area contributed by atoms with Crippen LogP contribution in [0, 0.1) is 6.92 Å². The highest BCUT2D eigenvalue weighted by Gasteiger charge is 2.16. The Hall–Kier alpha value is -3.03. The first-order valence-electron chi connectivity index (χ1n) is 10.7. The van der Waals surface area contributed by atoms with Gasteiger partial charge in [0.1, 0.15) is 5.75 Å². The predicted octanol–water partition coefficient (Wildman–Crippen LogP) is 5.81. The number of hydrogen-bond acceptors (Lipinski definition) is 4. The Kier molecular flexibility index (Phi) is 8.36. The summed E-state index contributed by atoms with van der Waals surface area (Å²) in [7, 11) is -3.77. The number of ether oxygens (including phenoxy) is 1. The molecular formula is C25H27ClN2O4S. The van der Waals surface area contributed by atoms with Gasteiger partial charge in [0.2, 0.25) is 0 Å². The molecule has 0 heterocycles. The van der Waals surface area contributed by atoms with E-state index < -0.39 is 10.0 Å². The van der Waals surface area contributed by atoms with Crippen molar-refractivity contribution in [2.45, 2.75) is 38.0 Å². The van der Waals surface area contributed by atoms with Crippen LogP contribution in [0.1, 0.15) is 30.9 Å². The Morgan fingerprint density at radius 1 is 0.970 bits per heavy atom. The van der Waals surface area contributed by atoms with Crippen LogP contribution in [0.4, 0.5) is 11.4 Å². The molecule has 0 bridgehead atoms. The second-order valence-corrected chi connectivity index (χ2v) is 9.80. The SMILES string of the molecule is CCCCc1ccc(NC(=O)COc2ccc(S(=O)(=O)Nc3ccc(Cl)cc3)cc2C)cc1. The summed E-state index contributed by atoms with van der Waals surface area (Å²) in [5, 5.41) is 3.32. The third-order valence-electron chi connectivity index (χ3n) is 4.97. The van der Waals surface area contributed by atoms with Crippen molar-refractivity contribution in [3.05, 3.63) is 82.9 Å². The van der Waals surface area contributed by atoms with Crippen molar-refractivity contribution in [2.75, 3.05) is 16.6 Å². The normalized spacial score (nSPS) is 11.1. The summed E-state index contributed by atoms with van der Waals surface area (Å²) in [6, 6.07) is 18.6. The van der Waals surface area contributed by atoms with Gasteiger partial charge in [-0.25, -0.2) is 8.42 Å². The van der Waals surface area contributed by atoms with E-state index in [0.717, 1.165) is 19.3 Å². The highest BCUT2D eigenvalue weighted by Crippen LogP contribution is 2.24. The van der Waals surface area contributed by atoms with E-state index in [1.54, 1.807) is 37.3 Å². The Morgan fingerprint density at radius 2 is 1.64 bits per heavy atom. The molecular weight excluding hydrogens is 460 g/mol. The minimum Gasteiger partial charge on any atom is -0.483 e. The zero-order valence-corrected chi connectivity index (χ0v) is 20.2. The number of aryl methyl sites for hydroxylation is 2. The van der Waals surface area contributed by atoms with Crippen LogP contribution in [0.2, 0.25) is 5.02 Å². The summed E-state index contributed by atoms with van der Waals surface area (Å²) >= 11 is 5.84. The zero-order valence-electron chi connectivity index (χ0n) is 18.6. The molecule has 6 nitrogen and oxygen atoms in total. The molecule has 0 saturated heterocycles. The maximum absolute atomic E-state index is 12.7. The first kappa shape index (κ1) is 24.6. The van der Waals surface area contributed by atoms with Gasteiger partial charge >= 0.3 is 0 Å². The summed E-state index contributed by atoms with van der Waals surface area (Å²) < 4.78 is 33.4. The van der Waals surface area contributed by atoms with Crippen LogP contribution >= 0.6 is 11.6 Å². The van der Waals surface area contributed by atoms with E-state index in [1.165, 1.54) is 17.7 Å². The van der Waals surface area contributed by atoms with Crippen LogP contribution in [0.5, 0.6) is 5.75 Å². The molecule has 0 fully saturated rings. The maximum atomic E-state index is 12.7. The van der Waals surface area contributed by atoms with Crippen LogP contribution in [0.25, 0.3) is 0 Å². The van der Waals surface area contributed by atoms with E-state index >= 15 is 0 Å². The van der Waals surface area contributed by atoms with Gasteiger partial charge in [-0.05, 0) is 85.5 Å². The smallest absolute Gasteiger partial charge is 0.262 e. The Balaban J connectivity index is 1.57. The molecule has 2 N–H and O–H groups in total. The van der Waals surface area contributed by atoms with Crippen molar-refractivity contribution in [1.29, 1.82) is 0 Å². The van der Waals surface area contributed by atoms with Crippen molar-refractivity contribution in [2.24, 2.45) is 0 Å². The van der Waals surface area contributed by atoms with E-state index in [1.807, 2.05) is 24.3 Å². The molecule has 3 aromatic carbocycles. The van der Waals surface area contributed by atoms with Crippen molar-refractivity contribution in [1.82, 2.24) is 0 Å². The van der Waals surface area contributed by atoms with Gasteiger partial charge in [0, 0.05) is 16.4 Å². The van der Waals surface area contributed by atoms with Crippen LogP contribution in [-0.4, -0.2) is 20.9 Å². The second-order valence-electron chi connectivity index (χ2n) is 7.68. The number of hydrogen-bond donors (Lipinski definition) is 2. The average molecular weight is 487 g/mol. The first-order valence-corrected chi connectivity index (χ1v) is 12.5. The number of rotatable bonds is 10. The van der Waals surface area contributed by atoms with Crippen LogP contribution in [-0.2, 0) is 21.2 Å². The third kappa shape index (κ3) is 7.23. The molecule has 0 aliphatic heterocycles. The van der Waals surface area contributed by atoms with Gasteiger partial charge in [0.15, 0.2) is 6.61 Å². The standard InChI is InChI=1S/C25H27ClN2O4S/c1-3-4-5-19-6-10-21(11-7-19)27-25(29)17-32-24-15-14-23(16-18(24)2)33(30,31)28-22-12-8-20(26)9-13-22/h6-16,28H,3-5,17H2,1-2H3,(H,27,29). The summed E-state index contributed by atoms with van der Waals surface area (Å²) in [6.45, 7) is 3.69. The number of carbonyl (C=O) groups is 1. The third-order valence-corrected chi connectivity index (χ3v) is 6.60. The Bertz CT molecular complexity index is 1190. The Labute approximate surface area is 200 Å². The molecule has 0 spiro atoms. The minimum atomic E-state index is -3.77. The molecule has 0 aliphatic carbocycles. The van der Waals surface area contributed by atoms with Crippen molar-refractivity contribution < 1.29 is 17.9 Å². The lowest BCUT2D eigenvalue weighted by Gasteiger charge is -2.12. The number of unbranched alkanes of at least 4 members (excludes halogenated alkanes) is 1. The second kappa shape index (κ2) is 11.2. The monoisotopic (exact) mass is 486 g/mol. The van der Waals surface area contributed by atoms with Crippen molar-refractivity contribution >= 4 is 38.9 Å². The lowest BCUT2D eigenvalue weighted by molar-refractivity contribution is -0.118. The van der Waals surface area contributed by atoms with Crippen molar-refractivity contribution in [3.63, 3.8) is 0 Å². The number of amides is 1. The van der Waals surface area contributed by atoms with Gasteiger partial charge in [-0.15, -0.1) is 0 Å². The minimum absolute atomic E-state index is 0.0925. The summed E-state index contributed by atoms with van der Waals surface area (Å²) in [4.78, 5) is 12.3. The molecule has 3 aromatic rings. The quantitative estimate of drug-likeness (QED) is 0.378. The largest absolute Gasteiger partial charge is 0.483 e. The lowest BCUT2D eigenvalue weighted by atomic mass is 10.1.